The third-order valence-electron chi connectivity index (χ3n) is 4.61. The number of thiophene rings is 1. The predicted octanol–water partition coefficient (Wildman–Crippen LogP) is 5.22. The molecule has 0 spiro atoms. The van der Waals surface area contributed by atoms with Gasteiger partial charge in [0.1, 0.15) is 4.21 Å². The average Bonchev–Trinajstić information content (AvgIpc) is 3.37. The highest BCUT2D eigenvalue weighted by Crippen LogP contribution is 2.35. The summed E-state index contributed by atoms with van der Waals surface area (Å²) in [5.41, 5.74) is 1.93. The summed E-state index contributed by atoms with van der Waals surface area (Å²) in [6.45, 7) is 1.89. The monoisotopic (exact) mass is 423 g/mol. The Balaban J connectivity index is 1.56. The van der Waals surface area contributed by atoms with Crippen molar-refractivity contribution in [3.05, 3.63) is 46.1 Å². The Kier molecular flexibility index (Phi) is 4.96. The Labute approximate surface area is 166 Å². The number of rotatable bonds is 5. The first-order valence-corrected chi connectivity index (χ1v) is 11.4. The number of sulfonamides is 1. The number of nitrogens with one attached hydrogen (secondary N) is 1. The van der Waals surface area contributed by atoms with E-state index in [-0.39, 0.29) is 4.21 Å². The SMILES string of the molecule is Cc1ccc(NS(=O)(=O)c2cc(-c3noc(C4CCCC4)n3)cs2)c(Cl)c1. The Morgan fingerprint density at radius 1 is 1.26 bits per heavy atom. The van der Waals surface area contributed by atoms with Crippen LogP contribution in [0.15, 0.2) is 38.4 Å². The zero-order valence-corrected chi connectivity index (χ0v) is 17.0. The van der Waals surface area contributed by atoms with Gasteiger partial charge >= 0.3 is 0 Å². The lowest BCUT2D eigenvalue weighted by Gasteiger charge is -2.08. The van der Waals surface area contributed by atoms with Crippen LogP contribution in [0.5, 0.6) is 0 Å². The molecule has 0 saturated heterocycles. The van der Waals surface area contributed by atoms with Crippen molar-refractivity contribution in [3.63, 3.8) is 0 Å². The Morgan fingerprint density at radius 2 is 2.04 bits per heavy atom. The van der Waals surface area contributed by atoms with Crippen LogP contribution in [0.2, 0.25) is 5.02 Å². The number of benzene rings is 1. The third-order valence-corrected chi connectivity index (χ3v) is 7.73. The van der Waals surface area contributed by atoms with E-state index in [4.69, 9.17) is 16.1 Å². The van der Waals surface area contributed by atoms with Gasteiger partial charge in [-0.05, 0) is 43.5 Å². The molecule has 9 heteroatoms. The molecule has 4 rings (SSSR count). The molecule has 0 aliphatic heterocycles. The molecule has 0 amide bonds. The van der Waals surface area contributed by atoms with E-state index in [2.05, 4.69) is 14.9 Å². The average molecular weight is 424 g/mol. The molecule has 2 heterocycles. The predicted molar refractivity (Wildman–Crippen MR) is 106 cm³/mol. The van der Waals surface area contributed by atoms with E-state index in [9.17, 15) is 8.42 Å². The first kappa shape index (κ1) is 18.5. The minimum absolute atomic E-state index is 0.168. The van der Waals surface area contributed by atoms with Crippen molar-refractivity contribution < 1.29 is 12.9 Å². The molecule has 1 fully saturated rings. The van der Waals surface area contributed by atoms with Crippen LogP contribution in [-0.2, 0) is 10.0 Å². The molecular weight excluding hydrogens is 406 g/mol. The third kappa shape index (κ3) is 3.88. The summed E-state index contributed by atoms with van der Waals surface area (Å²) >= 11 is 7.24. The largest absolute Gasteiger partial charge is 0.339 e. The van der Waals surface area contributed by atoms with Gasteiger partial charge < -0.3 is 4.52 Å². The maximum Gasteiger partial charge on any atom is 0.271 e. The number of anilines is 1. The minimum Gasteiger partial charge on any atom is -0.339 e. The van der Waals surface area contributed by atoms with Crippen LogP contribution < -0.4 is 4.72 Å². The molecule has 2 aromatic heterocycles. The fourth-order valence-electron chi connectivity index (χ4n) is 3.16. The summed E-state index contributed by atoms with van der Waals surface area (Å²) in [5.74, 6) is 1.38. The molecular formula is C18H18ClN3O3S2. The quantitative estimate of drug-likeness (QED) is 0.608. The standard InChI is InChI=1S/C18H18ClN3O3S2/c1-11-6-7-15(14(19)8-11)22-27(23,24)16-9-13(10-26-16)17-20-18(25-21-17)12-4-2-3-5-12/h6-10,12,22H,2-5H2,1H3. The zero-order chi connectivity index (χ0) is 19.0. The number of hydrogen-bond donors (Lipinski definition) is 1. The van der Waals surface area contributed by atoms with Crippen LogP contribution >= 0.6 is 22.9 Å². The van der Waals surface area contributed by atoms with Crippen molar-refractivity contribution in [1.82, 2.24) is 10.1 Å². The van der Waals surface area contributed by atoms with Crippen molar-refractivity contribution in [1.29, 1.82) is 0 Å². The summed E-state index contributed by atoms with van der Waals surface area (Å²) < 4.78 is 33.4. The molecule has 0 atom stereocenters. The van der Waals surface area contributed by atoms with E-state index in [0.717, 1.165) is 29.7 Å². The van der Waals surface area contributed by atoms with Crippen molar-refractivity contribution in [3.8, 4) is 11.4 Å². The second-order valence-electron chi connectivity index (χ2n) is 6.68. The van der Waals surface area contributed by atoms with Crippen molar-refractivity contribution in [2.24, 2.45) is 0 Å². The molecule has 1 aromatic carbocycles. The van der Waals surface area contributed by atoms with E-state index in [1.165, 1.54) is 12.8 Å². The maximum atomic E-state index is 12.7. The molecule has 0 radical (unpaired) electrons. The summed E-state index contributed by atoms with van der Waals surface area (Å²) in [4.78, 5) is 4.46. The van der Waals surface area contributed by atoms with Crippen molar-refractivity contribution in [2.75, 3.05) is 4.72 Å². The van der Waals surface area contributed by atoms with Gasteiger partial charge in [-0.2, -0.15) is 4.98 Å². The normalized spacial score (nSPS) is 15.3. The number of halogens is 1. The second-order valence-corrected chi connectivity index (χ2v) is 9.91. The van der Waals surface area contributed by atoms with E-state index >= 15 is 0 Å². The first-order valence-electron chi connectivity index (χ1n) is 8.64. The fourth-order valence-corrected chi connectivity index (χ4v) is 5.74. The molecule has 0 bridgehead atoms. The minimum atomic E-state index is -3.75. The van der Waals surface area contributed by atoms with Crippen LogP contribution in [0.25, 0.3) is 11.4 Å². The molecule has 0 unspecified atom stereocenters. The highest BCUT2D eigenvalue weighted by atomic mass is 35.5. The Morgan fingerprint density at radius 3 is 2.78 bits per heavy atom. The highest BCUT2D eigenvalue weighted by molar-refractivity contribution is 7.94. The van der Waals surface area contributed by atoms with Crippen LogP contribution in [0.4, 0.5) is 5.69 Å². The summed E-state index contributed by atoms with van der Waals surface area (Å²) in [6, 6.07) is 6.71. The van der Waals surface area contributed by atoms with Gasteiger partial charge in [-0.3, -0.25) is 4.72 Å². The lowest BCUT2D eigenvalue weighted by Crippen LogP contribution is -2.11. The Hall–Kier alpha value is -1.90. The molecule has 3 aromatic rings. The van der Waals surface area contributed by atoms with Crippen molar-refractivity contribution >= 4 is 38.6 Å². The molecule has 142 valence electrons. The number of aromatic nitrogens is 2. The van der Waals surface area contributed by atoms with E-state index in [1.807, 2.05) is 6.92 Å². The van der Waals surface area contributed by atoms with Crippen LogP contribution in [-0.4, -0.2) is 18.6 Å². The molecule has 6 nitrogen and oxygen atoms in total. The maximum absolute atomic E-state index is 12.7. The number of aryl methyl sites for hydroxylation is 1. The molecule has 1 aliphatic rings. The first-order chi connectivity index (χ1) is 12.9. The van der Waals surface area contributed by atoms with Gasteiger partial charge in [-0.15, -0.1) is 11.3 Å². The van der Waals surface area contributed by atoms with Gasteiger partial charge in [0.2, 0.25) is 11.7 Å². The van der Waals surface area contributed by atoms with Crippen LogP contribution in [0.3, 0.4) is 0 Å². The summed E-state index contributed by atoms with van der Waals surface area (Å²) in [5, 5.41) is 6.09. The number of hydrogen-bond acceptors (Lipinski definition) is 6. The number of nitrogens with zero attached hydrogens (tertiary/aromatic N) is 2. The van der Waals surface area contributed by atoms with Gasteiger partial charge in [0.05, 0.1) is 10.7 Å². The molecule has 27 heavy (non-hydrogen) atoms. The lowest BCUT2D eigenvalue weighted by atomic mass is 10.1. The van der Waals surface area contributed by atoms with Crippen molar-refractivity contribution in [2.45, 2.75) is 42.7 Å². The molecule has 1 N–H and O–H groups in total. The molecule has 1 saturated carbocycles. The fraction of sp³-hybridized carbons (Fsp3) is 0.333. The lowest BCUT2D eigenvalue weighted by molar-refractivity contribution is 0.354. The summed E-state index contributed by atoms with van der Waals surface area (Å²) in [6.07, 6.45) is 4.48. The van der Waals surface area contributed by atoms with Gasteiger partial charge in [-0.1, -0.05) is 35.7 Å². The van der Waals surface area contributed by atoms with Gasteiger partial charge in [0, 0.05) is 16.9 Å². The van der Waals surface area contributed by atoms with Gasteiger partial charge in [0.15, 0.2) is 0 Å². The van der Waals surface area contributed by atoms with E-state index < -0.39 is 10.0 Å². The molecule has 1 aliphatic carbocycles. The zero-order valence-electron chi connectivity index (χ0n) is 14.6. The highest BCUT2D eigenvalue weighted by Gasteiger charge is 2.25. The topological polar surface area (TPSA) is 85.1 Å². The van der Waals surface area contributed by atoms with Crippen LogP contribution in [0.1, 0.15) is 43.1 Å². The van der Waals surface area contributed by atoms with Gasteiger partial charge in [-0.25, -0.2) is 8.42 Å². The summed E-state index contributed by atoms with van der Waals surface area (Å²) in [7, 11) is -3.75. The van der Waals surface area contributed by atoms with Gasteiger partial charge in [0.25, 0.3) is 10.0 Å². The smallest absolute Gasteiger partial charge is 0.271 e. The Bertz CT molecular complexity index is 1070. The second kappa shape index (κ2) is 7.26. The van der Waals surface area contributed by atoms with E-state index in [0.29, 0.717) is 33.9 Å². The van der Waals surface area contributed by atoms with E-state index in [1.54, 1.807) is 29.6 Å². The van der Waals surface area contributed by atoms with Crippen LogP contribution in [0, 0.1) is 6.92 Å².